The number of hydrogen-bond donors (Lipinski definition) is 0. The second kappa shape index (κ2) is 3.37. The van der Waals surface area contributed by atoms with Gasteiger partial charge >= 0.3 is 0 Å². The highest BCUT2D eigenvalue weighted by Gasteiger charge is 2.03. The van der Waals surface area contributed by atoms with Crippen LogP contribution in [0, 0.1) is 6.92 Å². The maximum atomic E-state index is 4.44. The lowest BCUT2D eigenvalue weighted by molar-refractivity contribution is 0.826. The van der Waals surface area contributed by atoms with Gasteiger partial charge in [0.05, 0.1) is 0 Å². The van der Waals surface area contributed by atoms with Crippen LogP contribution in [0.15, 0.2) is 24.7 Å². The molecule has 0 aliphatic rings. The lowest BCUT2D eigenvalue weighted by Gasteiger charge is -2.06. The Morgan fingerprint density at radius 2 is 1.93 bits per heavy atom. The Kier molecular flexibility index (Phi) is 2.20. The molecule has 0 spiro atoms. The Hall–Kier alpha value is -1.44. The predicted molar refractivity (Wildman–Crippen MR) is 58.4 cm³/mol. The summed E-state index contributed by atoms with van der Waals surface area (Å²) in [5.41, 5.74) is 2.32. The quantitative estimate of drug-likeness (QED) is 0.684. The monoisotopic (exact) mass is 186 g/mol. The van der Waals surface area contributed by atoms with Gasteiger partial charge in [-0.2, -0.15) is 0 Å². The van der Waals surface area contributed by atoms with Gasteiger partial charge in [-0.15, -0.1) is 0 Å². The van der Waals surface area contributed by atoms with E-state index in [-0.39, 0.29) is 0 Å². The topological polar surface area (TPSA) is 25.8 Å². The summed E-state index contributed by atoms with van der Waals surface area (Å²) in [6.07, 6.45) is 5.72. The van der Waals surface area contributed by atoms with Crippen molar-refractivity contribution in [3.8, 4) is 0 Å². The minimum atomic E-state index is 0.472. The average Bonchev–Trinajstić information content (AvgIpc) is 2.17. The Morgan fingerprint density at radius 1 is 1.14 bits per heavy atom. The molecule has 0 aliphatic carbocycles. The number of nitrogens with zero attached hydrogens (tertiary/aromatic N) is 2. The second-order valence-electron chi connectivity index (χ2n) is 3.94. The van der Waals surface area contributed by atoms with Crippen LogP contribution >= 0.6 is 0 Å². The fourth-order valence-electron chi connectivity index (χ4n) is 1.54. The van der Waals surface area contributed by atoms with Gasteiger partial charge in [0, 0.05) is 35.1 Å². The molecule has 0 bridgehead atoms. The summed E-state index contributed by atoms with van der Waals surface area (Å²) in [5, 5.41) is 2.38. The molecule has 0 saturated carbocycles. The Bertz CT molecular complexity index is 461. The second-order valence-corrected chi connectivity index (χ2v) is 3.94. The molecule has 2 heterocycles. The SMILES string of the molecule is Cc1cncc2cc(C(C)C)ncc12. The van der Waals surface area contributed by atoms with Crippen LogP contribution in [0.3, 0.4) is 0 Å². The van der Waals surface area contributed by atoms with Gasteiger partial charge < -0.3 is 0 Å². The molecule has 14 heavy (non-hydrogen) atoms. The summed E-state index contributed by atoms with van der Waals surface area (Å²) in [4.78, 5) is 8.62. The van der Waals surface area contributed by atoms with E-state index in [1.807, 2.05) is 18.6 Å². The van der Waals surface area contributed by atoms with Crippen LogP contribution in [0.1, 0.15) is 31.0 Å². The Balaban J connectivity index is 2.67. The van der Waals surface area contributed by atoms with Crippen LogP contribution in [0.2, 0.25) is 0 Å². The van der Waals surface area contributed by atoms with Gasteiger partial charge in [0.2, 0.25) is 0 Å². The van der Waals surface area contributed by atoms with Gasteiger partial charge in [-0.25, -0.2) is 0 Å². The molecule has 2 aromatic heterocycles. The van der Waals surface area contributed by atoms with Crippen LogP contribution in [0.4, 0.5) is 0 Å². The first-order valence-electron chi connectivity index (χ1n) is 4.88. The third-order valence-corrected chi connectivity index (χ3v) is 2.46. The summed E-state index contributed by atoms with van der Waals surface area (Å²) in [6, 6.07) is 2.12. The molecule has 0 amide bonds. The van der Waals surface area contributed by atoms with E-state index in [0.717, 1.165) is 5.69 Å². The number of aryl methyl sites for hydroxylation is 1. The Morgan fingerprint density at radius 3 is 2.64 bits per heavy atom. The molecule has 0 N–H and O–H groups in total. The fraction of sp³-hybridized carbons (Fsp3) is 0.333. The molecule has 72 valence electrons. The number of pyridine rings is 2. The fourth-order valence-corrected chi connectivity index (χ4v) is 1.54. The molecule has 0 unspecified atom stereocenters. The highest BCUT2D eigenvalue weighted by molar-refractivity contribution is 5.83. The molecule has 0 aliphatic heterocycles. The van der Waals surface area contributed by atoms with Gasteiger partial charge in [0.25, 0.3) is 0 Å². The maximum absolute atomic E-state index is 4.44. The normalized spacial score (nSPS) is 11.1. The minimum Gasteiger partial charge on any atom is -0.264 e. The standard InChI is InChI=1S/C12H14N2/c1-8(2)12-4-10-6-13-5-9(3)11(10)7-14-12/h4-8H,1-3H3. The molecule has 2 rings (SSSR count). The summed E-state index contributed by atoms with van der Waals surface area (Å²) in [7, 11) is 0. The molecular weight excluding hydrogens is 172 g/mol. The number of aromatic nitrogens is 2. The zero-order valence-corrected chi connectivity index (χ0v) is 8.78. The first-order valence-corrected chi connectivity index (χ1v) is 4.88. The first-order chi connectivity index (χ1) is 6.68. The van der Waals surface area contributed by atoms with E-state index in [9.17, 15) is 0 Å². The van der Waals surface area contributed by atoms with Crippen molar-refractivity contribution in [2.24, 2.45) is 0 Å². The minimum absolute atomic E-state index is 0.472. The molecular formula is C12H14N2. The summed E-state index contributed by atoms with van der Waals surface area (Å²) >= 11 is 0. The number of rotatable bonds is 1. The first kappa shape index (κ1) is 9.13. The highest BCUT2D eigenvalue weighted by Crippen LogP contribution is 2.20. The van der Waals surface area contributed by atoms with Gasteiger partial charge in [0.15, 0.2) is 0 Å². The number of fused-ring (bicyclic) bond motifs is 1. The average molecular weight is 186 g/mol. The molecule has 0 fully saturated rings. The zero-order valence-electron chi connectivity index (χ0n) is 8.78. The van der Waals surface area contributed by atoms with E-state index in [1.54, 1.807) is 0 Å². The van der Waals surface area contributed by atoms with Crippen LogP contribution < -0.4 is 0 Å². The van der Waals surface area contributed by atoms with E-state index in [2.05, 4.69) is 36.8 Å². The number of hydrogen-bond acceptors (Lipinski definition) is 2. The summed E-state index contributed by atoms with van der Waals surface area (Å²) in [6.45, 7) is 6.36. The third-order valence-electron chi connectivity index (χ3n) is 2.46. The van der Waals surface area contributed by atoms with Gasteiger partial charge in [-0.1, -0.05) is 13.8 Å². The van der Waals surface area contributed by atoms with Crippen LogP contribution in [-0.4, -0.2) is 9.97 Å². The van der Waals surface area contributed by atoms with Crippen molar-refractivity contribution >= 4 is 10.8 Å². The van der Waals surface area contributed by atoms with Crippen molar-refractivity contribution < 1.29 is 0 Å². The van der Waals surface area contributed by atoms with Crippen molar-refractivity contribution in [3.63, 3.8) is 0 Å². The molecule has 2 heteroatoms. The van der Waals surface area contributed by atoms with E-state index in [1.165, 1.54) is 16.3 Å². The summed E-state index contributed by atoms with van der Waals surface area (Å²) in [5.74, 6) is 0.472. The van der Waals surface area contributed by atoms with Crippen molar-refractivity contribution in [2.45, 2.75) is 26.7 Å². The van der Waals surface area contributed by atoms with Gasteiger partial charge in [-0.3, -0.25) is 9.97 Å². The lowest BCUT2D eigenvalue weighted by Crippen LogP contribution is -1.93. The third kappa shape index (κ3) is 1.48. The van der Waals surface area contributed by atoms with Crippen molar-refractivity contribution in [2.75, 3.05) is 0 Å². The highest BCUT2D eigenvalue weighted by atomic mass is 14.7. The maximum Gasteiger partial charge on any atom is 0.0435 e. The molecule has 0 saturated heterocycles. The van der Waals surface area contributed by atoms with Crippen molar-refractivity contribution in [1.29, 1.82) is 0 Å². The molecule has 2 nitrogen and oxygen atoms in total. The van der Waals surface area contributed by atoms with Crippen LogP contribution in [0.5, 0.6) is 0 Å². The van der Waals surface area contributed by atoms with E-state index < -0.39 is 0 Å². The van der Waals surface area contributed by atoms with E-state index >= 15 is 0 Å². The molecule has 0 aromatic carbocycles. The van der Waals surface area contributed by atoms with Gasteiger partial charge in [-0.05, 0) is 24.5 Å². The van der Waals surface area contributed by atoms with Gasteiger partial charge in [0.1, 0.15) is 0 Å². The summed E-state index contributed by atoms with van der Waals surface area (Å²) < 4.78 is 0. The van der Waals surface area contributed by atoms with E-state index in [0.29, 0.717) is 5.92 Å². The Labute approximate surface area is 84.0 Å². The zero-order chi connectivity index (χ0) is 10.1. The van der Waals surface area contributed by atoms with Crippen LogP contribution in [0.25, 0.3) is 10.8 Å². The van der Waals surface area contributed by atoms with Crippen LogP contribution in [-0.2, 0) is 0 Å². The molecule has 0 radical (unpaired) electrons. The van der Waals surface area contributed by atoms with Crippen molar-refractivity contribution in [3.05, 3.63) is 35.9 Å². The van der Waals surface area contributed by atoms with Crippen molar-refractivity contribution in [1.82, 2.24) is 9.97 Å². The molecule has 2 aromatic rings. The predicted octanol–water partition coefficient (Wildman–Crippen LogP) is 3.06. The lowest BCUT2D eigenvalue weighted by atomic mass is 10.1. The van der Waals surface area contributed by atoms with E-state index in [4.69, 9.17) is 0 Å². The largest absolute Gasteiger partial charge is 0.264 e. The smallest absolute Gasteiger partial charge is 0.0435 e. The molecule has 0 atom stereocenters.